The number of thiophene rings is 1. The van der Waals surface area contributed by atoms with E-state index in [4.69, 9.17) is 4.74 Å². The zero-order chi connectivity index (χ0) is 14.7. The Bertz CT molecular complexity index is 626. The molecule has 0 amide bonds. The number of anilines is 1. The molecule has 0 atom stereocenters. The van der Waals surface area contributed by atoms with Crippen LogP contribution in [0.3, 0.4) is 0 Å². The molecule has 8 heteroatoms. The largest absolute Gasteiger partial charge is 0.494 e. The van der Waals surface area contributed by atoms with Crippen LogP contribution < -0.4 is 10.1 Å². The van der Waals surface area contributed by atoms with Gasteiger partial charge in [0.2, 0.25) is 0 Å². The van der Waals surface area contributed by atoms with Crippen LogP contribution in [0, 0.1) is 10.1 Å². The number of ether oxygens (including phenoxy) is 1. The summed E-state index contributed by atoms with van der Waals surface area (Å²) in [7, 11) is 1.49. The van der Waals surface area contributed by atoms with Gasteiger partial charge in [-0.25, -0.2) is 0 Å². The Morgan fingerprint density at radius 2 is 2.15 bits per heavy atom. The Hall–Kier alpha value is -1.12. The highest BCUT2D eigenvalue weighted by molar-refractivity contribution is 9.13. The Kier molecular flexibility index (Phi) is 5.00. The lowest BCUT2D eigenvalue weighted by Gasteiger charge is -2.10. The summed E-state index contributed by atoms with van der Waals surface area (Å²) in [5.41, 5.74) is 0.729. The number of halogens is 2. The summed E-state index contributed by atoms with van der Waals surface area (Å²) in [4.78, 5) is 11.4. The first-order valence-electron chi connectivity index (χ1n) is 5.51. The van der Waals surface area contributed by atoms with Crippen molar-refractivity contribution in [3.63, 3.8) is 0 Å². The zero-order valence-corrected chi connectivity index (χ0v) is 14.3. The van der Waals surface area contributed by atoms with Crippen LogP contribution in [-0.2, 0) is 6.54 Å². The van der Waals surface area contributed by atoms with Crippen molar-refractivity contribution >= 4 is 54.6 Å². The first kappa shape index (κ1) is 15.3. The topological polar surface area (TPSA) is 64.4 Å². The second kappa shape index (κ2) is 6.55. The molecule has 1 heterocycles. The average molecular weight is 422 g/mol. The van der Waals surface area contributed by atoms with Crippen molar-refractivity contribution < 1.29 is 9.66 Å². The summed E-state index contributed by atoms with van der Waals surface area (Å²) < 4.78 is 7.21. The normalized spacial score (nSPS) is 10.3. The molecule has 0 saturated carbocycles. The van der Waals surface area contributed by atoms with Gasteiger partial charge in [0.25, 0.3) is 5.69 Å². The lowest BCUT2D eigenvalue weighted by molar-refractivity contribution is -0.384. The third-order valence-corrected chi connectivity index (χ3v) is 5.80. The number of rotatable bonds is 5. The molecule has 1 N–H and O–H groups in total. The van der Waals surface area contributed by atoms with Crippen molar-refractivity contribution in [1.82, 2.24) is 0 Å². The highest BCUT2D eigenvalue weighted by Crippen LogP contribution is 2.34. The Balaban J connectivity index is 2.14. The quantitative estimate of drug-likeness (QED) is 0.556. The number of nitrogens with one attached hydrogen (secondary N) is 1. The number of hydrogen-bond acceptors (Lipinski definition) is 5. The molecule has 1 aromatic heterocycles. The van der Waals surface area contributed by atoms with Crippen molar-refractivity contribution in [2.45, 2.75) is 6.54 Å². The SMILES string of the molecule is COc1cc([N+](=O)[O-])ccc1NCc1cc(Br)c(Br)s1. The van der Waals surface area contributed by atoms with Crippen molar-refractivity contribution in [1.29, 1.82) is 0 Å². The molecular formula is C12H10Br2N2O3S. The van der Waals surface area contributed by atoms with Gasteiger partial charge in [-0.05, 0) is 44.0 Å². The summed E-state index contributed by atoms with van der Waals surface area (Å²) in [6.45, 7) is 0.614. The van der Waals surface area contributed by atoms with E-state index < -0.39 is 4.92 Å². The number of hydrogen-bond donors (Lipinski definition) is 1. The second-order valence-electron chi connectivity index (χ2n) is 3.83. The van der Waals surface area contributed by atoms with Crippen molar-refractivity contribution in [3.8, 4) is 5.75 Å². The van der Waals surface area contributed by atoms with Crippen LogP contribution >= 0.6 is 43.2 Å². The van der Waals surface area contributed by atoms with Crippen molar-refractivity contribution in [3.05, 3.63) is 47.5 Å². The van der Waals surface area contributed by atoms with E-state index in [9.17, 15) is 10.1 Å². The monoisotopic (exact) mass is 420 g/mol. The van der Waals surface area contributed by atoms with E-state index in [1.165, 1.54) is 19.2 Å². The molecule has 20 heavy (non-hydrogen) atoms. The van der Waals surface area contributed by atoms with Gasteiger partial charge in [0.1, 0.15) is 5.75 Å². The molecule has 2 rings (SSSR count). The highest BCUT2D eigenvalue weighted by atomic mass is 79.9. The van der Waals surface area contributed by atoms with E-state index >= 15 is 0 Å². The first-order chi connectivity index (χ1) is 9.51. The summed E-state index contributed by atoms with van der Waals surface area (Å²) in [6.07, 6.45) is 0. The maximum Gasteiger partial charge on any atom is 0.273 e. The molecule has 0 aliphatic heterocycles. The van der Waals surface area contributed by atoms with Gasteiger partial charge in [-0.2, -0.15) is 0 Å². The fourth-order valence-electron chi connectivity index (χ4n) is 1.60. The molecule has 0 saturated heterocycles. The van der Waals surface area contributed by atoms with Gasteiger partial charge in [0.05, 0.1) is 27.6 Å². The Labute approximate surface area is 136 Å². The Morgan fingerprint density at radius 1 is 1.40 bits per heavy atom. The van der Waals surface area contributed by atoms with Crippen LogP contribution in [0.25, 0.3) is 0 Å². The maximum absolute atomic E-state index is 10.7. The molecule has 0 bridgehead atoms. The van der Waals surface area contributed by atoms with E-state index in [0.29, 0.717) is 12.3 Å². The molecule has 0 aliphatic carbocycles. The maximum atomic E-state index is 10.7. The number of non-ortho nitro benzene ring substituents is 1. The van der Waals surface area contributed by atoms with E-state index in [1.807, 2.05) is 6.07 Å². The fourth-order valence-corrected chi connectivity index (χ4v) is 3.72. The minimum atomic E-state index is -0.445. The fraction of sp³-hybridized carbons (Fsp3) is 0.167. The Morgan fingerprint density at radius 3 is 2.70 bits per heavy atom. The van der Waals surface area contributed by atoms with Gasteiger partial charge in [-0.15, -0.1) is 11.3 Å². The summed E-state index contributed by atoms with van der Waals surface area (Å²) in [5, 5.41) is 13.9. The number of nitro benzene ring substituents is 1. The van der Waals surface area contributed by atoms with Crippen LogP contribution in [0.5, 0.6) is 5.75 Å². The lowest BCUT2D eigenvalue weighted by Crippen LogP contribution is -2.00. The van der Waals surface area contributed by atoms with Crippen molar-refractivity contribution in [2.24, 2.45) is 0 Å². The van der Waals surface area contributed by atoms with E-state index in [-0.39, 0.29) is 5.69 Å². The van der Waals surface area contributed by atoms with E-state index in [2.05, 4.69) is 37.2 Å². The molecule has 5 nitrogen and oxygen atoms in total. The molecular weight excluding hydrogens is 412 g/mol. The molecule has 2 aromatic rings. The minimum Gasteiger partial charge on any atom is -0.494 e. The summed E-state index contributed by atoms with van der Waals surface area (Å²) >= 11 is 8.49. The van der Waals surface area contributed by atoms with Gasteiger partial charge < -0.3 is 10.1 Å². The van der Waals surface area contributed by atoms with Crippen LogP contribution in [0.1, 0.15) is 4.88 Å². The van der Waals surface area contributed by atoms with Gasteiger partial charge in [0.15, 0.2) is 0 Å². The second-order valence-corrected chi connectivity index (χ2v) is 7.14. The molecule has 1 aromatic carbocycles. The predicted octanol–water partition coefficient (Wildman–Crippen LogP) is 4.80. The van der Waals surface area contributed by atoms with Gasteiger partial charge in [-0.3, -0.25) is 10.1 Å². The van der Waals surface area contributed by atoms with E-state index in [1.54, 1.807) is 17.4 Å². The van der Waals surface area contributed by atoms with Gasteiger partial charge in [-0.1, -0.05) is 0 Å². The smallest absolute Gasteiger partial charge is 0.273 e. The third kappa shape index (κ3) is 3.50. The lowest BCUT2D eigenvalue weighted by atomic mass is 10.2. The number of methoxy groups -OCH3 is 1. The average Bonchev–Trinajstić information content (AvgIpc) is 2.75. The molecule has 106 valence electrons. The van der Waals surface area contributed by atoms with Crippen LogP contribution in [-0.4, -0.2) is 12.0 Å². The summed E-state index contributed by atoms with van der Waals surface area (Å²) in [5.74, 6) is 0.453. The third-order valence-electron chi connectivity index (χ3n) is 2.55. The number of nitro groups is 1. The number of benzene rings is 1. The molecule has 0 unspecified atom stereocenters. The summed E-state index contributed by atoms with van der Waals surface area (Å²) in [6, 6.07) is 6.52. The molecule has 0 fully saturated rings. The first-order valence-corrected chi connectivity index (χ1v) is 7.91. The predicted molar refractivity (Wildman–Crippen MR) is 86.7 cm³/mol. The van der Waals surface area contributed by atoms with Crippen molar-refractivity contribution in [2.75, 3.05) is 12.4 Å². The zero-order valence-electron chi connectivity index (χ0n) is 10.4. The van der Waals surface area contributed by atoms with Gasteiger partial charge in [0, 0.05) is 22.0 Å². The standard InChI is InChI=1S/C12H10Br2N2O3S/c1-19-11-4-7(16(17)18)2-3-10(11)15-6-8-5-9(13)12(14)20-8/h2-5,15H,6H2,1H3. The molecule has 0 radical (unpaired) electrons. The van der Waals surface area contributed by atoms with Crippen LogP contribution in [0.4, 0.5) is 11.4 Å². The molecule has 0 spiro atoms. The number of nitrogens with zero attached hydrogens (tertiary/aromatic N) is 1. The highest BCUT2D eigenvalue weighted by Gasteiger charge is 2.11. The molecule has 0 aliphatic rings. The van der Waals surface area contributed by atoms with Crippen LogP contribution in [0.15, 0.2) is 32.5 Å². The van der Waals surface area contributed by atoms with Crippen LogP contribution in [0.2, 0.25) is 0 Å². The van der Waals surface area contributed by atoms with Gasteiger partial charge >= 0.3 is 0 Å². The minimum absolute atomic E-state index is 0.00834. The van der Waals surface area contributed by atoms with E-state index in [0.717, 1.165) is 18.8 Å².